The number of nitrogens with zero attached hydrogens (tertiary/aromatic N) is 2. The summed E-state index contributed by atoms with van der Waals surface area (Å²) >= 11 is 0. The number of ether oxygens (including phenoxy) is 1. The second-order valence-corrected chi connectivity index (χ2v) is 5.94. The third-order valence-corrected chi connectivity index (χ3v) is 4.24. The van der Waals surface area contributed by atoms with Crippen molar-refractivity contribution in [3.8, 4) is 0 Å². The molecule has 6 nitrogen and oxygen atoms in total. The largest absolute Gasteiger partial charge is 0.507 e. The van der Waals surface area contributed by atoms with Crippen LogP contribution in [0.3, 0.4) is 0 Å². The second kappa shape index (κ2) is 6.92. The molecule has 1 aromatic heterocycles. The fourth-order valence-electron chi connectivity index (χ4n) is 3.08. The van der Waals surface area contributed by atoms with Crippen LogP contribution in [0.1, 0.15) is 12.5 Å². The van der Waals surface area contributed by atoms with E-state index >= 15 is 0 Å². The molecule has 1 heterocycles. The van der Waals surface area contributed by atoms with E-state index in [1.54, 1.807) is 6.92 Å². The van der Waals surface area contributed by atoms with Gasteiger partial charge in [-0.25, -0.2) is 14.8 Å². The summed E-state index contributed by atoms with van der Waals surface area (Å²) < 4.78 is 4.88. The zero-order chi connectivity index (χ0) is 18.8. The number of amides is 1. The van der Waals surface area contributed by atoms with E-state index in [0.717, 1.165) is 16.3 Å². The molecule has 0 aliphatic heterocycles. The molecule has 0 radical (unpaired) electrons. The number of nitrogens with one attached hydrogen (secondary N) is 1. The molecule has 0 fully saturated rings. The van der Waals surface area contributed by atoms with Crippen LogP contribution >= 0.6 is 0 Å². The lowest BCUT2D eigenvalue weighted by Crippen LogP contribution is -2.16. The summed E-state index contributed by atoms with van der Waals surface area (Å²) in [7, 11) is 0. The Bertz CT molecular complexity index is 1170. The van der Waals surface area contributed by atoms with E-state index in [1.807, 2.05) is 60.7 Å². The van der Waals surface area contributed by atoms with E-state index in [9.17, 15) is 9.90 Å². The average molecular weight is 359 g/mol. The lowest BCUT2D eigenvalue weighted by Gasteiger charge is -2.09. The normalized spacial score (nSPS) is 12.2. The Morgan fingerprint density at radius 1 is 1.00 bits per heavy atom. The first kappa shape index (κ1) is 16.8. The molecule has 0 aliphatic carbocycles. The van der Waals surface area contributed by atoms with E-state index < -0.39 is 6.09 Å². The summed E-state index contributed by atoms with van der Waals surface area (Å²) in [6.45, 7) is 2.00. The average Bonchev–Trinajstić information content (AvgIpc) is 2.69. The van der Waals surface area contributed by atoms with Gasteiger partial charge in [0.05, 0.1) is 17.6 Å². The summed E-state index contributed by atoms with van der Waals surface area (Å²) in [5, 5.41) is 15.7. The van der Waals surface area contributed by atoms with E-state index in [-0.39, 0.29) is 18.3 Å². The summed E-state index contributed by atoms with van der Waals surface area (Å²) in [6.07, 6.45) is -0.595. The number of anilines is 1. The van der Waals surface area contributed by atoms with Crippen LogP contribution in [-0.2, 0) is 4.74 Å². The quantitative estimate of drug-likeness (QED) is 0.581. The van der Waals surface area contributed by atoms with E-state index in [1.165, 1.54) is 0 Å². The fraction of sp³-hybridized carbons (Fsp3) is 0.0952. The highest BCUT2D eigenvalue weighted by Crippen LogP contribution is 2.24. The van der Waals surface area contributed by atoms with Crippen molar-refractivity contribution in [2.75, 3.05) is 11.9 Å². The predicted octanol–water partition coefficient (Wildman–Crippen LogP) is 3.78. The molecule has 0 saturated carbocycles. The molecule has 4 aromatic rings. The molecule has 3 aromatic carbocycles. The highest BCUT2D eigenvalue weighted by atomic mass is 16.5. The number of benzene rings is 3. The van der Waals surface area contributed by atoms with Gasteiger partial charge in [0.1, 0.15) is 5.76 Å². The van der Waals surface area contributed by atoms with Crippen molar-refractivity contribution in [3.05, 3.63) is 71.4 Å². The maximum absolute atomic E-state index is 11.7. The molecule has 134 valence electrons. The standard InChI is InChI=1S/C21H17N3O3/c1-2-27-21(26)24-20-22-16-10-6-9-14-15(11-12-17(23-20)18(14)16)19(25)13-7-4-3-5-8-13/h3-12,25H,2H2,1H3,(H,22,23,24,26). The first-order valence-electron chi connectivity index (χ1n) is 8.59. The van der Waals surface area contributed by atoms with Gasteiger partial charge in [0.25, 0.3) is 0 Å². The maximum Gasteiger partial charge on any atom is 0.414 e. The van der Waals surface area contributed by atoms with Gasteiger partial charge >= 0.3 is 6.09 Å². The Balaban J connectivity index is 1.92. The Labute approximate surface area is 155 Å². The van der Waals surface area contributed by atoms with Gasteiger partial charge in [0, 0.05) is 16.2 Å². The first-order chi connectivity index (χ1) is 13.2. The van der Waals surface area contributed by atoms with Gasteiger partial charge in [-0.1, -0.05) is 42.5 Å². The van der Waals surface area contributed by atoms with Gasteiger partial charge in [-0.05, 0) is 30.5 Å². The summed E-state index contributed by atoms with van der Waals surface area (Å²) in [6, 6.07) is 18.6. The van der Waals surface area contributed by atoms with Crippen LogP contribution in [0.25, 0.3) is 27.6 Å². The van der Waals surface area contributed by atoms with Gasteiger partial charge in [-0.2, -0.15) is 0 Å². The smallest absolute Gasteiger partial charge is 0.414 e. The molecule has 4 rings (SSSR count). The number of carbonyl (C=O) groups is 1. The molecule has 0 aliphatic rings. The topological polar surface area (TPSA) is 84.3 Å². The molecule has 0 unspecified atom stereocenters. The number of carbonyl (C=O) groups excluding carboxylic acids is 1. The van der Waals surface area contributed by atoms with Crippen molar-refractivity contribution in [1.29, 1.82) is 0 Å². The highest BCUT2D eigenvalue weighted by Gasteiger charge is 2.12. The minimum Gasteiger partial charge on any atom is -0.507 e. The summed E-state index contributed by atoms with van der Waals surface area (Å²) in [4.78, 5) is 20.5. The van der Waals surface area contributed by atoms with Crippen molar-refractivity contribution in [2.24, 2.45) is 0 Å². The summed E-state index contributed by atoms with van der Waals surface area (Å²) in [5.41, 5.74) is 2.08. The molecule has 0 saturated heterocycles. The minimum atomic E-state index is -0.595. The Morgan fingerprint density at radius 3 is 2.48 bits per heavy atom. The molecule has 6 heteroatoms. The highest BCUT2D eigenvalue weighted by molar-refractivity contribution is 6.08. The van der Waals surface area contributed by atoms with Crippen molar-refractivity contribution < 1.29 is 14.6 Å². The Kier molecular flexibility index (Phi) is 4.30. The van der Waals surface area contributed by atoms with Crippen molar-refractivity contribution in [3.63, 3.8) is 0 Å². The molecule has 0 spiro atoms. The number of hydrogen-bond donors (Lipinski definition) is 2. The van der Waals surface area contributed by atoms with Gasteiger partial charge < -0.3 is 9.84 Å². The zero-order valence-electron chi connectivity index (χ0n) is 14.6. The van der Waals surface area contributed by atoms with Crippen LogP contribution in [0.5, 0.6) is 0 Å². The lowest BCUT2D eigenvalue weighted by atomic mass is 10.0. The van der Waals surface area contributed by atoms with Crippen molar-refractivity contribution in [1.82, 2.24) is 9.97 Å². The second-order valence-electron chi connectivity index (χ2n) is 5.94. The molecule has 27 heavy (non-hydrogen) atoms. The third kappa shape index (κ3) is 3.13. The molecule has 0 bridgehead atoms. The number of aromatic nitrogens is 2. The van der Waals surface area contributed by atoms with E-state index in [0.29, 0.717) is 16.3 Å². The maximum atomic E-state index is 11.7. The summed E-state index contributed by atoms with van der Waals surface area (Å²) in [5.74, 6) is 0.371. The van der Waals surface area contributed by atoms with Gasteiger partial charge in [0.2, 0.25) is 5.95 Å². The van der Waals surface area contributed by atoms with E-state index in [4.69, 9.17) is 4.74 Å². The third-order valence-electron chi connectivity index (χ3n) is 4.24. The van der Waals surface area contributed by atoms with Gasteiger partial charge in [0.15, 0.2) is 0 Å². The monoisotopic (exact) mass is 359 g/mol. The van der Waals surface area contributed by atoms with Gasteiger partial charge in [-0.3, -0.25) is 5.32 Å². The molecular formula is C21H17N3O3. The predicted molar refractivity (Wildman–Crippen MR) is 104 cm³/mol. The fourth-order valence-corrected chi connectivity index (χ4v) is 3.08. The molecule has 2 N–H and O–H groups in total. The Hall–Kier alpha value is -3.67. The number of aliphatic hydroxyl groups excluding tert-OH is 1. The number of rotatable bonds is 3. The van der Waals surface area contributed by atoms with Crippen LogP contribution in [0.15, 0.2) is 60.7 Å². The lowest BCUT2D eigenvalue weighted by molar-refractivity contribution is 0.167. The van der Waals surface area contributed by atoms with Gasteiger partial charge in [-0.15, -0.1) is 0 Å². The number of hydrogen-bond acceptors (Lipinski definition) is 5. The van der Waals surface area contributed by atoms with E-state index in [2.05, 4.69) is 15.3 Å². The van der Waals surface area contributed by atoms with Crippen LogP contribution < -0.4 is 10.5 Å². The Morgan fingerprint density at radius 2 is 1.74 bits per heavy atom. The van der Waals surface area contributed by atoms with Crippen LogP contribution in [0.4, 0.5) is 10.7 Å². The molecule has 0 atom stereocenters. The van der Waals surface area contributed by atoms with Crippen LogP contribution in [-0.4, -0.2) is 27.8 Å². The van der Waals surface area contributed by atoms with Crippen LogP contribution in [0.2, 0.25) is 0 Å². The van der Waals surface area contributed by atoms with Crippen molar-refractivity contribution in [2.45, 2.75) is 6.92 Å². The zero-order valence-corrected chi connectivity index (χ0v) is 14.6. The first-order valence-corrected chi connectivity index (χ1v) is 8.59. The SMILES string of the molecule is CCOC(=O)Nc1nc2cccc3c(=C(O)c4ccccc4)ccc(n1)c23. The minimum absolute atomic E-state index is 0.178. The molecule has 1 amide bonds. The van der Waals surface area contributed by atoms with Crippen LogP contribution in [0, 0.1) is 0 Å². The molecular weight excluding hydrogens is 342 g/mol. The van der Waals surface area contributed by atoms with Crippen molar-refractivity contribution >= 4 is 39.6 Å². The number of aliphatic hydroxyl groups is 1.